The summed E-state index contributed by atoms with van der Waals surface area (Å²) in [6.45, 7) is 0. The summed E-state index contributed by atoms with van der Waals surface area (Å²) in [7, 11) is 0. The van der Waals surface area contributed by atoms with Gasteiger partial charge in [-0.1, -0.05) is 11.6 Å². The fourth-order valence-electron chi connectivity index (χ4n) is 2.29. The molecule has 18 heavy (non-hydrogen) atoms. The van der Waals surface area contributed by atoms with Gasteiger partial charge in [-0.05, 0) is 42.7 Å². The zero-order chi connectivity index (χ0) is 11.8. The van der Waals surface area contributed by atoms with Crippen LogP contribution in [0, 0.1) is 0 Å². The first-order valence-electron chi connectivity index (χ1n) is 5.58. The Labute approximate surface area is 121 Å². The predicted octanol–water partition coefficient (Wildman–Crippen LogP) is -0.512. The maximum Gasteiger partial charge on any atom is 0.257 e. The second-order valence-corrected chi connectivity index (χ2v) is 4.64. The van der Waals surface area contributed by atoms with E-state index >= 15 is 0 Å². The Kier molecular flexibility index (Phi) is 3.83. The lowest BCUT2D eigenvalue weighted by Crippen LogP contribution is -3.00. The molecule has 0 saturated heterocycles. The minimum atomic E-state index is 0. The number of carbonyl (C=O) groups is 1. The summed E-state index contributed by atoms with van der Waals surface area (Å²) in [6, 6.07) is 9.40. The van der Waals surface area contributed by atoms with Crippen molar-refractivity contribution in [2.75, 3.05) is 0 Å². The van der Waals surface area contributed by atoms with E-state index in [1.54, 1.807) is 12.3 Å². The lowest BCUT2D eigenvalue weighted by atomic mass is 10.0. The molecule has 2 nitrogen and oxygen atoms in total. The largest absolute Gasteiger partial charge is 1.00 e. The summed E-state index contributed by atoms with van der Waals surface area (Å²) < 4.78 is 0. The molecule has 0 amide bonds. The number of nitrogens with one attached hydrogen (secondary N) is 1. The smallest absolute Gasteiger partial charge is 0.257 e. The van der Waals surface area contributed by atoms with Gasteiger partial charge in [0, 0.05) is 22.2 Å². The van der Waals surface area contributed by atoms with E-state index in [0.29, 0.717) is 10.7 Å². The molecule has 1 aromatic heterocycles. The van der Waals surface area contributed by atoms with Gasteiger partial charge in [-0.15, -0.1) is 0 Å². The number of fused-ring (bicyclic) bond motifs is 2. The van der Waals surface area contributed by atoms with Crippen molar-refractivity contribution in [1.82, 2.24) is 0 Å². The van der Waals surface area contributed by atoms with Gasteiger partial charge < -0.3 is 17.0 Å². The molecule has 1 N–H and O–H groups in total. The molecule has 1 heterocycles. The van der Waals surface area contributed by atoms with Gasteiger partial charge in [0.05, 0.1) is 0 Å². The molecule has 0 radical (unpaired) electrons. The zero-order valence-corrected chi connectivity index (χ0v) is 11.9. The Hall–Kier alpha value is -1.19. The molecule has 1 aromatic carbocycles. The van der Waals surface area contributed by atoms with Crippen LogP contribution in [0.5, 0.6) is 0 Å². The van der Waals surface area contributed by atoms with E-state index in [9.17, 15) is 4.79 Å². The molecule has 4 heteroatoms. The van der Waals surface area contributed by atoms with Gasteiger partial charge in [-0.3, -0.25) is 4.79 Å². The van der Waals surface area contributed by atoms with Gasteiger partial charge in [-0.2, -0.15) is 0 Å². The van der Waals surface area contributed by atoms with E-state index in [-0.39, 0.29) is 22.8 Å². The summed E-state index contributed by atoms with van der Waals surface area (Å²) in [6.07, 6.45) is 3.51. The molecular formula is C14H11BrClNO. The third kappa shape index (κ3) is 2.20. The maximum absolute atomic E-state index is 12.4. The summed E-state index contributed by atoms with van der Waals surface area (Å²) in [4.78, 5) is 15.4. The van der Waals surface area contributed by atoms with Crippen LogP contribution in [0.15, 0.2) is 36.5 Å². The molecule has 0 atom stereocenters. The van der Waals surface area contributed by atoms with Crippen LogP contribution in [0.3, 0.4) is 0 Å². The monoisotopic (exact) mass is 323 g/mol. The third-order valence-electron chi connectivity index (χ3n) is 3.15. The number of aromatic amines is 1. The Balaban J connectivity index is 0.00000120. The van der Waals surface area contributed by atoms with E-state index in [4.69, 9.17) is 11.6 Å². The van der Waals surface area contributed by atoms with E-state index in [1.807, 2.05) is 24.3 Å². The van der Waals surface area contributed by atoms with Gasteiger partial charge in [0.1, 0.15) is 0 Å². The highest BCUT2D eigenvalue weighted by atomic mass is 79.9. The van der Waals surface area contributed by atoms with E-state index in [2.05, 4.69) is 4.98 Å². The molecule has 92 valence electrons. The number of aryl methyl sites for hydroxylation is 2. The number of pyridine rings is 1. The summed E-state index contributed by atoms with van der Waals surface area (Å²) in [5.74, 6) is 0.0600. The van der Waals surface area contributed by atoms with Crippen molar-refractivity contribution in [3.8, 4) is 0 Å². The molecule has 0 fully saturated rings. The fourth-order valence-corrected chi connectivity index (χ4v) is 2.48. The molecule has 0 spiro atoms. The first kappa shape index (κ1) is 13.2. The van der Waals surface area contributed by atoms with Crippen LogP contribution < -0.4 is 22.0 Å². The Morgan fingerprint density at radius 2 is 1.89 bits per heavy atom. The summed E-state index contributed by atoms with van der Waals surface area (Å²) >= 11 is 5.97. The quantitative estimate of drug-likeness (QED) is 0.642. The average Bonchev–Trinajstić information content (AvgIpc) is 2.48. The summed E-state index contributed by atoms with van der Waals surface area (Å²) in [5.41, 5.74) is 3.57. The van der Waals surface area contributed by atoms with Gasteiger partial charge in [0.2, 0.25) is 0 Å². The van der Waals surface area contributed by atoms with Crippen LogP contribution in [0.4, 0.5) is 0 Å². The van der Waals surface area contributed by atoms with Crippen LogP contribution in [0.1, 0.15) is 27.2 Å². The van der Waals surface area contributed by atoms with Crippen LogP contribution >= 0.6 is 11.6 Å². The first-order valence-corrected chi connectivity index (χ1v) is 5.96. The molecular weight excluding hydrogens is 314 g/mol. The van der Waals surface area contributed by atoms with Gasteiger partial charge in [-0.25, -0.2) is 4.98 Å². The Morgan fingerprint density at radius 3 is 2.72 bits per heavy atom. The van der Waals surface area contributed by atoms with E-state index in [0.717, 1.165) is 29.5 Å². The minimum Gasteiger partial charge on any atom is -1.00 e. The van der Waals surface area contributed by atoms with Crippen LogP contribution in [0.25, 0.3) is 0 Å². The number of rotatable bonds is 0. The molecule has 0 saturated carbocycles. The van der Waals surface area contributed by atoms with Crippen molar-refractivity contribution in [3.05, 3.63) is 63.9 Å². The Bertz CT molecular complexity index is 612. The van der Waals surface area contributed by atoms with Crippen LogP contribution in [0.2, 0.25) is 5.02 Å². The first-order chi connectivity index (χ1) is 8.25. The number of ketones is 1. The maximum atomic E-state index is 12.4. The van der Waals surface area contributed by atoms with Crippen molar-refractivity contribution in [3.63, 3.8) is 0 Å². The average molecular weight is 325 g/mol. The lowest BCUT2D eigenvalue weighted by Gasteiger charge is -2.02. The number of carbonyl (C=O) groups excluding carboxylic acids is 1. The van der Waals surface area contributed by atoms with Crippen molar-refractivity contribution >= 4 is 17.4 Å². The molecule has 0 bridgehead atoms. The third-order valence-corrected chi connectivity index (χ3v) is 3.38. The molecule has 2 aromatic rings. The normalized spacial score (nSPS) is 13.1. The number of hydrogen-bond donors (Lipinski definition) is 0. The Morgan fingerprint density at radius 1 is 1.11 bits per heavy atom. The zero-order valence-electron chi connectivity index (χ0n) is 9.54. The van der Waals surface area contributed by atoms with Crippen molar-refractivity contribution in [2.45, 2.75) is 12.8 Å². The highest BCUT2D eigenvalue weighted by Crippen LogP contribution is 2.24. The number of aromatic nitrogens is 1. The van der Waals surface area contributed by atoms with E-state index in [1.165, 1.54) is 0 Å². The molecule has 3 rings (SSSR count). The molecule has 1 aliphatic carbocycles. The van der Waals surface area contributed by atoms with Crippen LogP contribution in [-0.2, 0) is 12.8 Å². The minimum absolute atomic E-state index is 0. The van der Waals surface area contributed by atoms with Gasteiger partial charge >= 0.3 is 0 Å². The second kappa shape index (κ2) is 5.21. The van der Waals surface area contributed by atoms with Crippen LogP contribution in [-0.4, -0.2) is 5.78 Å². The number of H-pyrrole nitrogens is 1. The van der Waals surface area contributed by atoms with Crippen molar-refractivity contribution in [1.29, 1.82) is 0 Å². The second-order valence-electron chi connectivity index (χ2n) is 4.20. The summed E-state index contributed by atoms with van der Waals surface area (Å²) in [5, 5.41) is 0.687. The predicted molar refractivity (Wildman–Crippen MR) is 65.3 cm³/mol. The number of benzene rings is 1. The van der Waals surface area contributed by atoms with Crippen molar-refractivity contribution in [2.24, 2.45) is 0 Å². The highest BCUT2D eigenvalue weighted by molar-refractivity contribution is 6.30. The number of hydrogen-bond acceptors (Lipinski definition) is 1. The number of halogens is 2. The van der Waals surface area contributed by atoms with Gasteiger partial charge in [0.15, 0.2) is 6.20 Å². The molecule has 1 aliphatic rings. The molecule has 0 unspecified atom stereocenters. The topological polar surface area (TPSA) is 31.2 Å². The van der Waals surface area contributed by atoms with Crippen molar-refractivity contribution < 1.29 is 26.8 Å². The van der Waals surface area contributed by atoms with Gasteiger partial charge in [0.25, 0.3) is 11.5 Å². The SMILES string of the molecule is O=C1c2ccc(Cl)cc2CCc2ccc[nH+]c21.[Br-]. The van der Waals surface area contributed by atoms with E-state index < -0.39 is 0 Å². The highest BCUT2D eigenvalue weighted by Gasteiger charge is 2.26. The molecule has 0 aliphatic heterocycles. The fraction of sp³-hybridized carbons (Fsp3) is 0.143. The lowest BCUT2D eigenvalue weighted by molar-refractivity contribution is -0.382. The standard InChI is InChI=1S/C14H10ClNO.BrH/c15-11-5-6-12-10(8-11)4-3-9-2-1-7-16-13(9)14(12)17;/h1-2,5-8H,3-4H2;1H.